The number of anilines is 2. The van der Waals surface area contributed by atoms with E-state index in [9.17, 15) is 23.1 Å². The summed E-state index contributed by atoms with van der Waals surface area (Å²) in [6.07, 6.45) is -0.0210. The molecule has 3 aliphatic rings. The number of benzene rings is 2. The number of sulfonamides is 1. The molecule has 2 N–H and O–H groups in total. The standard InChI is InChI=1S/C22H23N3O8S/c26-18-3-2-16(34(29,30)24-5-7-31-8-6-24)11-17(18)23-22(28)14-9-21(27)25(12-14)15-1-4-19-20(10-15)33-13-32-19/h1-4,10-11,14,26H,5-9,12-13H2,(H,23,28). The van der Waals surface area contributed by atoms with Crippen molar-refractivity contribution in [2.75, 3.05) is 49.9 Å². The molecule has 3 aliphatic heterocycles. The minimum absolute atomic E-state index is 0.0210. The molecule has 2 aromatic carbocycles. The number of phenolic OH excluding ortho intramolecular Hbond substituents is 1. The number of hydrogen-bond acceptors (Lipinski definition) is 8. The zero-order valence-electron chi connectivity index (χ0n) is 18.1. The second-order valence-corrected chi connectivity index (χ2v) is 10.1. The van der Waals surface area contributed by atoms with Crippen molar-refractivity contribution in [3.63, 3.8) is 0 Å². The lowest BCUT2D eigenvalue weighted by atomic mass is 10.1. The van der Waals surface area contributed by atoms with Crippen LogP contribution in [0.5, 0.6) is 17.2 Å². The Morgan fingerprint density at radius 1 is 1.06 bits per heavy atom. The number of aromatic hydroxyl groups is 1. The molecule has 1 atom stereocenters. The molecule has 34 heavy (non-hydrogen) atoms. The van der Waals surface area contributed by atoms with Gasteiger partial charge >= 0.3 is 0 Å². The largest absolute Gasteiger partial charge is 0.506 e. The number of phenols is 1. The molecule has 2 saturated heterocycles. The molecule has 1 unspecified atom stereocenters. The Bertz CT molecular complexity index is 1240. The van der Waals surface area contributed by atoms with Crippen molar-refractivity contribution >= 4 is 33.2 Å². The molecule has 3 heterocycles. The number of carbonyl (C=O) groups excluding carboxylic acids is 2. The fraction of sp³-hybridized carbons (Fsp3) is 0.364. The van der Waals surface area contributed by atoms with Crippen LogP contribution in [0.4, 0.5) is 11.4 Å². The van der Waals surface area contributed by atoms with E-state index < -0.39 is 21.8 Å². The SMILES string of the molecule is O=C(Nc1cc(S(=O)(=O)N2CCOCC2)ccc1O)C1CC(=O)N(c2ccc3c(c2)OCO3)C1. The summed E-state index contributed by atoms with van der Waals surface area (Å²) in [6.45, 7) is 1.31. The van der Waals surface area contributed by atoms with Gasteiger partial charge in [0.05, 0.1) is 29.7 Å². The fourth-order valence-corrected chi connectivity index (χ4v) is 5.57. The summed E-state index contributed by atoms with van der Waals surface area (Å²) >= 11 is 0. The zero-order valence-corrected chi connectivity index (χ0v) is 18.9. The molecule has 11 nitrogen and oxygen atoms in total. The predicted octanol–water partition coefficient (Wildman–Crippen LogP) is 1.13. The van der Waals surface area contributed by atoms with Gasteiger partial charge in [0.25, 0.3) is 0 Å². The van der Waals surface area contributed by atoms with E-state index in [2.05, 4.69) is 5.32 Å². The van der Waals surface area contributed by atoms with Crippen LogP contribution in [0.2, 0.25) is 0 Å². The van der Waals surface area contributed by atoms with E-state index in [0.29, 0.717) is 30.4 Å². The number of nitrogens with one attached hydrogen (secondary N) is 1. The molecule has 2 aromatic rings. The van der Waals surface area contributed by atoms with E-state index in [1.807, 2.05) is 0 Å². The van der Waals surface area contributed by atoms with Gasteiger partial charge in [0.1, 0.15) is 5.75 Å². The van der Waals surface area contributed by atoms with Gasteiger partial charge in [-0.05, 0) is 30.3 Å². The lowest BCUT2D eigenvalue weighted by Crippen LogP contribution is -2.40. The molecular weight excluding hydrogens is 466 g/mol. The van der Waals surface area contributed by atoms with E-state index in [0.717, 1.165) is 0 Å². The number of rotatable bonds is 5. The maximum absolute atomic E-state index is 12.9. The van der Waals surface area contributed by atoms with Crippen molar-refractivity contribution in [2.24, 2.45) is 5.92 Å². The van der Waals surface area contributed by atoms with Crippen molar-refractivity contribution in [2.45, 2.75) is 11.3 Å². The maximum Gasteiger partial charge on any atom is 0.243 e. The number of nitrogens with zero attached hydrogens (tertiary/aromatic N) is 2. The van der Waals surface area contributed by atoms with Crippen LogP contribution in [0.1, 0.15) is 6.42 Å². The Labute approximate surface area is 195 Å². The van der Waals surface area contributed by atoms with Gasteiger partial charge in [0, 0.05) is 37.8 Å². The molecule has 0 saturated carbocycles. The summed E-state index contributed by atoms with van der Waals surface area (Å²) < 4.78 is 43.0. The molecule has 180 valence electrons. The van der Waals surface area contributed by atoms with Crippen LogP contribution in [0.3, 0.4) is 0 Å². The Morgan fingerprint density at radius 3 is 2.62 bits per heavy atom. The summed E-state index contributed by atoms with van der Waals surface area (Å²) in [6, 6.07) is 8.85. The summed E-state index contributed by atoms with van der Waals surface area (Å²) in [4.78, 5) is 27.0. The van der Waals surface area contributed by atoms with Gasteiger partial charge in [-0.2, -0.15) is 4.31 Å². The number of fused-ring (bicyclic) bond motifs is 1. The zero-order chi connectivity index (χ0) is 23.9. The van der Waals surface area contributed by atoms with Crippen LogP contribution in [0.25, 0.3) is 0 Å². The molecule has 5 rings (SSSR count). The summed E-state index contributed by atoms with van der Waals surface area (Å²) in [5.41, 5.74) is 0.555. The first-order valence-electron chi connectivity index (χ1n) is 10.7. The second kappa shape index (κ2) is 8.78. The van der Waals surface area contributed by atoms with Gasteiger partial charge in [0.15, 0.2) is 11.5 Å². The van der Waals surface area contributed by atoms with E-state index in [1.54, 1.807) is 18.2 Å². The van der Waals surface area contributed by atoms with Gasteiger partial charge in [-0.25, -0.2) is 8.42 Å². The highest BCUT2D eigenvalue weighted by Gasteiger charge is 2.36. The first-order chi connectivity index (χ1) is 16.3. The fourth-order valence-electron chi connectivity index (χ4n) is 4.13. The van der Waals surface area contributed by atoms with E-state index >= 15 is 0 Å². The number of hydrogen-bond donors (Lipinski definition) is 2. The van der Waals surface area contributed by atoms with Gasteiger partial charge in [0.2, 0.25) is 28.6 Å². The smallest absolute Gasteiger partial charge is 0.243 e. The van der Waals surface area contributed by atoms with Gasteiger partial charge in [-0.1, -0.05) is 0 Å². The lowest BCUT2D eigenvalue weighted by Gasteiger charge is -2.26. The van der Waals surface area contributed by atoms with Crippen molar-refractivity contribution in [1.29, 1.82) is 0 Å². The Balaban J connectivity index is 1.31. The summed E-state index contributed by atoms with van der Waals surface area (Å²) in [5, 5.41) is 12.8. The van der Waals surface area contributed by atoms with Gasteiger partial charge in [-0.3, -0.25) is 9.59 Å². The average Bonchev–Trinajstić information content (AvgIpc) is 3.47. The average molecular weight is 490 g/mol. The summed E-state index contributed by atoms with van der Waals surface area (Å²) in [7, 11) is -3.81. The minimum Gasteiger partial charge on any atom is -0.506 e. The minimum atomic E-state index is -3.81. The van der Waals surface area contributed by atoms with Gasteiger partial charge in [-0.15, -0.1) is 0 Å². The molecular formula is C22H23N3O8S. The quantitative estimate of drug-likeness (QED) is 0.597. The van der Waals surface area contributed by atoms with Crippen LogP contribution < -0.4 is 19.7 Å². The summed E-state index contributed by atoms with van der Waals surface area (Å²) in [5.74, 6) is -0.559. The third kappa shape index (κ3) is 4.15. The maximum atomic E-state index is 12.9. The molecule has 0 radical (unpaired) electrons. The third-order valence-corrected chi connectivity index (χ3v) is 7.89. The predicted molar refractivity (Wildman–Crippen MR) is 119 cm³/mol. The number of amides is 2. The molecule has 2 amide bonds. The topological polar surface area (TPSA) is 135 Å². The monoisotopic (exact) mass is 489 g/mol. The van der Waals surface area contributed by atoms with E-state index in [4.69, 9.17) is 14.2 Å². The van der Waals surface area contributed by atoms with Crippen LogP contribution in [0.15, 0.2) is 41.3 Å². The molecule has 12 heteroatoms. The molecule has 0 aliphatic carbocycles. The lowest BCUT2D eigenvalue weighted by molar-refractivity contribution is -0.122. The number of morpholine rings is 1. The molecule has 0 bridgehead atoms. The van der Waals surface area contributed by atoms with Crippen molar-refractivity contribution in [3.05, 3.63) is 36.4 Å². The molecule has 2 fully saturated rings. The van der Waals surface area contributed by atoms with Crippen LogP contribution >= 0.6 is 0 Å². The van der Waals surface area contributed by atoms with Crippen molar-refractivity contribution in [3.8, 4) is 17.2 Å². The normalized spacial score (nSPS) is 20.5. The molecule has 0 aromatic heterocycles. The van der Waals surface area contributed by atoms with Crippen LogP contribution in [-0.4, -0.2) is 69.3 Å². The highest BCUT2D eigenvalue weighted by molar-refractivity contribution is 7.89. The van der Waals surface area contributed by atoms with Gasteiger partial charge < -0.3 is 29.5 Å². The highest BCUT2D eigenvalue weighted by atomic mass is 32.2. The number of carbonyl (C=O) groups is 2. The van der Waals surface area contributed by atoms with E-state index in [1.165, 1.54) is 27.4 Å². The number of ether oxygens (including phenoxy) is 3. The second-order valence-electron chi connectivity index (χ2n) is 8.13. The first kappa shape index (κ1) is 22.4. The van der Waals surface area contributed by atoms with Crippen LogP contribution in [-0.2, 0) is 24.3 Å². The molecule has 0 spiro atoms. The Hall–Kier alpha value is -3.35. The third-order valence-electron chi connectivity index (χ3n) is 6.00. The van der Waals surface area contributed by atoms with Crippen LogP contribution in [0, 0.1) is 5.92 Å². The van der Waals surface area contributed by atoms with Crippen molar-refractivity contribution < 1.29 is 37.3 Å². The van der Waals surface area contributed by atoms with Crippen molar-refractivity contribution in [1.82, 2.24) is 4.31 Å². The first-order valence-corrected chi connectivity index (χ1v) is 12.2. The Morgan fingerprint density at radius 2 is 1.82 bits per heavy atom. The Kier molecular flexibility index (Phi) is 5.80. The van der Waals surface area contributed by atoms with E-state index in [-0.39, 0.29) is 55.1 Å². The highest BCUT2D eigenvalue weighted by Crippen LogP contribution is 2.37.